The van der Waals surface area contributed by atoms with Crippen LogP contribution in [0.1, 0.15) is 47.2 Å². The number of carbonyl (C=O) groups excluding carboxylic acids is 2. The molecule has 0 aromatic heterocycles. The number of piperidine rings is 1. The van der Waals surface area contributed by atoms with Crippen molar-refractivity contribution < 1.29 is 33.7 Å². The van der Waals surface area contributed by atoms with E-state index in [-0.39, 0.29) is 23.8 Å². The SMILES string of the molecule is COc1cc(C(=O)N2CC[C@@](CCN3CCC(C(=O)N4CCN(CC(=O)O)CC4)(c4ccccc4)CC3)(c3ccc(Cl)c(Cl)c3)C2)cc(OC)c1OC. The van der Waals surface area contributed by atoms with Gasteiger partial charge in [-0.25, -0.2) is 0 Å². The van der Waals surface area contributed by atoms with Gasteiger partial charge in [0.05, 0.1) is 43.3 Å². The van der Waals surface area contributed by atoms with Crippen LogP contribution in [-0.4, -0.2) is 129 Å². The molecular weight excluding hydrogens is 719 g/mol. The lowest BCUT2D eigenvalue weighted by Crippen LogP contribution is -2.58. The molecule has 3 saturated heterocycles. The van der Waals surface area contributed by atoms with Crippen molar-refractivity contribution in [2.45, 2.75) is 36.5 Å². The molecule has 1 atom stereocenters. The fourth-order valence-corrected chi connectivity index (χ4v) is 8.66. The topological polar surface area (TPSA) is 112 Å². The quantitative estimate of drug-likeness (QED) is 0.257. The zero-order valence-electron chi connectivity index (χ0n) is 30.6. The van der Waals surface area contributed by atoms with Crippen LogP contribution in [0.4, 0.5) is 0 Å². The molecule has 2 amide bonds. The molecule has 3 fully saturated rings. The largest absolute Gasteiger partial charge is 0.493 e. The molecule has 284 valence electrons. The molecule has 0 unspecified atom stereocenters. The normalized spacial score (nSPS) is 20.6. The number of hydrogen-bond donors (Lipinski definition) is 1. The number of carbonyl (C=O) groups is 3. The highest BCUT2D eigenvalue weighted by Crippen LogP contribution is 2.44. The van der Waals surface area contributed by atoms with Crippen LogP contribution in [0.5, 0.6) is 17.2 Å². The Kier molecular flexibility index (Phi) is 12.1. The Bertz CT molecular complexity index is 1770. The number of rotatable bonds is 12. The molecule has 3 aliphatic rings. The van der Waals surface area contributed by atoms with Crippen molar-refractivity contribution in [2.24, 2.45) is 0 Å². The number of benzene rings is 3. The number of carboxylic acid groups (broad SMARTS) is 1. The van der Waals surface area contributed by atoms with Crippen LogP contribution in [0.25, 0.3) is 0 Å². The van der Waals surface area contributed by atoms with Crippen molar-refractivity contribution in [3.8, 4) is 17.2 Å². The van der Waals surface area contributed by atoms with E-state index < -0.39 is 11.4 Å². The lowest BCUT2D eigenvalue weighted by molar-refractivity contribution is -0.142. The minimum Gasteiger partial charge on any atom is -0.493 e. The zero-order chi connectivity index (χ0) is 37.8. The average molecular weight is 768 g/mol. The number of hydrogen-bond acceptors (Lipinski definition) is 8. The number of aliphatic carboxylic acids is 1. The van der Waals surface area contributed by atoms with Crippen LogP contribution < -0.4 is 14.2 Å². The molecule has 3 heterocycles. The van der Waals surface area contributed by atoms with Crippen molar-refractivity contribution in [3.05, 3.63) is 87.4 Å². The number of nitrogens with zero attached hydrogens (tertiary/aromatic N) is 4. The first-order valence-electron chi connectivity index (χ1n) is 18.1. The lowest BCUT2D eigenvalue weighted by Gasteiger charge is -2.46. The summed E-state index contributed by atoms with van der Waals surface area (Å²) in [6, 6.07) is 19.2. The van der Waals surface area contributed by atoms with Crippen molar-refractivity contribution in [3.63, 3.8) is 0 Å². The molecule has 0 radical (unpaired) electrons. The van der Waals surface area contributed by atoms with Gasteiger partial charge in [0.15, 0.2) is 11.5 Å². The third-order valence-corrected chi connectivity index (χ3v) is 12.2. The van der Waals surface area contributed by atoms with Gasteiger partial charge in [0.2, 0.25) is 11.7 Å². The Morgan fingerprint density at radius 3 is 1.96 bits per heavy atom. The highest BCUT2D eigenvalue weighted by molar-refractivity contribution is 6.42. The standard InChI is InChI=1S/C40H48Cl2N4O7/c1-51-33-23-28(24-34(52-2)36(33)53-3)37(49)46-18-12-39(27-46,30-9-10-31(41)32(42)25-30)11-15-43-16-13-40(14-17-43,29-7-5-4-6-8-29)38(50)45-21-19-44(20-22-45)26-35(47)48/h4-10,23-25H,11-22,26-27H2,1-3H3,(H,47,48)/t39-/m1/s1. The summed E-state index contributed by atoms with van der Waals surface area (Å²) >= 11 is 12.9. The molecule has 3 aliphatic heterocycles. The molecule has 11 nitrogen and oxygen atoms in total. The Labute approximate surface area is 321 Å². The number of piperazine rings is 1. The van der Waals surface area contributed by atoms with Crippen LogP contribution in [-0.2, 0) is 20.4 Å². The minimum atomic E-state index is -0.852. The molecule has 3 aromatic rings. The van der Waals surface area contributed by atoms with E-state index in [0.29, 0.717) is 85.0 Å². The molecule has 1 N–H and O–H groups in total. The highest BCUT2D eigenvalue weighted by Gasteiger charge is 2.47. The van der Waals surface area contributed by atoms with E-state index in [1.54, 1.807) is 12.1 Å². The van der Waals surface area contributed by atoms with Gasteiger partial charge in [-0.15, -0.1) is 0 Å². The van der Waals surface area contributed by atoms with E-state index in [1.165, 1.54) is 21.3 Å². The maximum absolute atomic E-state index is 14.4. The van der Waals surface area contributed by atoms with Crippen molar-refractivity contribution in [1.29, 1.82) is 0 Å². The first-order valence-corrected chi connectivity index (χ1v) is 18.8. The van der Waals surface area contributed by atoms with E-state index in [4.69, 9.17) is 37.4 Å². The van der Waals surface area contributed by atoms with Crippen LogP contribution in [0.15, 0.2) is 60.7 Å². The third-order valence-electron chi connectivity index (χ3n) is 11.5. The second-order valence-corrected chi connectivity index (χ2v) is 15.1. The lowest BCUT2D eigenvalue weighted by atomic mass is 9.71. The van der Waals surface area contributed by atoms with Gasteiger partial charge in [-0.2, -0.15) is 0 Å². The van der Waals surface area contributed by atoms with Crippen LogP contribution >= 0.6 is 23.2 Å². The number of amides is 2. The van der Waals surface area contributed by atoms with Gasteiger partial charge in [-0.3, -0.25) is 19.3 Å². The zero-order valence-corrected chi connectivity index (χ0v) is 32.1. The summed E-state index contributed by atoms with van der Waals surface area (Å²) < 4.78 is 16.5. The van der Waals surface area contributed by atoms with E-state index in [1.807, 2.05) is 51.1 Å². The Hall–Kier alpha value is -4.03. The number of methoxy groups -OCH3 is 3. The van der Waals surface area contributed by atoms with Gasteiger partial charge < -0.3 is 34.0 Å². The predicted octanol–water partition coefficient (Wildman–Crippen LogP) is 5.46. The molecule has 6 rings (SSSR count). The Balaban J connectivity index is 1.19. The molecule has 0 saturated carbocycles. The summed E-state index contributed by atoms with van der Waals surface area (Å²) in [5.74, 6) is 0.410. The summed E-state index contributed by atoms with van der Waals surface area (Å²) in [6.45, 7) is 5.42. The molecule has 0 spiro atoms. The summed E-state index contributed by atoms with van der Waals surface area (Å²) in [5, 5.41) is 10.2. The van der Waals surface area contributed by atoms with Crippen LogP contribution in [0, 0.1) is 0 Å². The maximum atomic E-state index is 14.4. The van der Waals surface area contributed by atoms with E-state index in [0.717, 1.165) is 43.6 Å². The minimum absolute atomic E-state index is 0.0125. The number of halogens is 2. The molecule has 13 heteroatoms. The van der Waals surface area contributed by atoms with E-state index in [9.17, 15) is 19.5 Å². The van der Waals surface area contributed by atoms with Crippen LogP contribution in [0.3, 0.4) is 0 Å². The molecule has 53 heavy (non-hydrogen) atoms. The van der Waals surface area contributed by atoms with Gasteiger partial charge in [0.25, 0.3) is 5.91 Å². The average Bonchev–Trinajstić information content (AvgIpc) is 3.63. The summed E-state index contributed by atoms with van der Waals surface area (Å²) in [7, 11) is 4.59. The van der Waals surface area contributed by atoms with Gasteiger partial charge in [-0.05, 0) is 80.7 Å². The second-order valence-electron chi connectivity index (χ2n) is 14.3. The monoisotopic (exact) mass is 766 g/mol. The molecule has 3 aromatic carbocycles. The van der Waals surface area contributed by atoms with Crippen molar-refractivity contribution >= 4 is 41.0 Å². The van der Waals surface area contributed by atoms with E-state index >= 15 is 0 Å². The summed E-state index contributed by atoms with van der Waals surface area (Å²) in [4.78, 5) is 47.8. The second kappa shape index (κ2) is 16.5. The Morgan fingerprint density at radius 1 is 0.717 bits per heavy atom. The van der Waals surface area contributed by atoms with Gasteiger partial charge in [0, 0.05) is 50.2 Å². The summed E-state index contributed by atoms with van der Waals surface area (Å²) in [6.07, 6.45) is 2.88. The number of carboxylic acids is 1. The fraction of sp³-hybridized carbons (Fsp3) is 0.475. The van der Waals surface area contributed by atoms with Gasteiger partial charge in [0.1, 0.15) is 0 Å². The smallest absolute Gasteiger partial charge is 0.317 e. The molecule has 0 aliphatic carbocycles. The Morgan fingerprint density at radius 2 is 1.38 bits per heavy atom. The van der Waals surface area contributed by atoms with Crippen molar-refractivity contribution in [1.82, 2.24) is 19.6 Å². The molecule has 0 bridgehead atoms. The number of likely N-dealkylation sites (tertiary alicyclic amines) is 2. The van der Waals surface area contributed by atoms with Crippen molar-refractivity contribution in [2.75, 3.05) is 86.8 Å². The number of ether oxygens (including phenoxy) is 3. The predicted molar refractivity (Wildman–Crippen MR) is 204 cm³/mol. The maximum Gasteiger partial charge on any atom is 0.317 e. The first kappa shape index (κ1) is 38.7. The third kappa shape index (κ3) is 8.09. The summed E-state index contributed by atoms with van der Waals surface area (Å²) in [5.41, 5.74) is 1.50. The van der Waals surface area contributed by atoms with Gasteiger partial charge in [-0.1, -0.05) is 59.6 Å². The highest BCUT2D eigenvalue weighted by atomic mass is 35.5. The fourth-order valence-electron chi connectivity index (χ4n) is 8.36. The van der Waals surface area contributed by atoms with Crippen LogP contribution in [0.2, 0.25) is 10.0 Å². The first-order chi connectivity index (χ1) is 25.5. The van der Waals surface area contributed by atoms with Gasteiger partial charge >= 0.3 is 5.97 Å². The molecular formula is C40H48Cl2N4O7. The van der Waals surface area contributed by atoms with E-state index in [2.05, 4.69) is 17.0 Å².